The topological polar surface area (TPSA) is 187 Å². The van der Waals surface area contributed by atoms with Crippen LogP contribution in [0.3, 0.4) is 0 Å². The molecule has 25 heavy (non-hydrogen) atoms. The van der Waals surface area contributed by atoms with Crippen molar-refractivity contribution in [2.24, 2.45) is 5.73 Å². The lowest BCUT2D eigenvalue weighted by atomic mass is 10.1. The molecule has 11 nitrogen and oxygen atoms in total. The van der Waals surface area contributed by atoms with Gasteiger partial charge < -0.3 is 36.1 Å². The Morgan fingerprint density at radius 2 is 1.96 bits per heavy atom. The second-order valence-electron chi connectivity index (χ2n) is 5.72. The molecule has 1 aliphatic heterocycles. The summed E-state index contributed by atoms with van der Waals surface area (Å²) in [6.07, 6.45) is -2.06. The number of nitrogen functional groups attached to an aromatic ring is 1. The van der Waals surface area contributed by atoms with Crippen molar-refractivity contribution in [3.8, 4) is 0 Å². The molecule has 0 aromatic carbocycles. The summed E-state index contributed by atoms with van der Waals surface area (Å²) >= 11 is 0. The zero-order chi connectivity index (χ0) is 18.3. The van der Waals surface area contributed by atoms with Gasteiger partial charge >= 0.3 is 0 Å². The van der Waals surface area contributed by atoms with Crippen molar-refractivity contribution >= 4 is 22.8 Å². The lowest BCUT2D eigenvalue weighted by Gasteiger charge is -2.18. The van der Waals surface area contributed by atoms with Crippen LogP contribution in [0.4, 0.5) is 5.82 Å². The minimum Gasteiger partial charge on any atom is -0.394 e. The van der Waals surface area contributed by atoms with Gasteiger partial charge in [-0.05, 0) is 0 Å². The van der Waals surface area contributed by atoms with Crippen LogP contribution < -0.4 is 16.9 Å². The van der Waals surface area contributed by atoms with Gasteiger partial charge in [0, 0.05) is 6.20 Å². The SMILES string of the molecule is NC(=O)c1cn(CC2O[C@H](CO)[C@@H](O)[C@H]2O)c2ncnc(N)c2c1=O. The van der Waals surface area contributed by atoms with E-state index in [1.807, 2.05) is 0 Å². The van der Waals surface area contributed by atoms with Gasteiger partial charge in [0.05, 0.1) is 13.2 Å². The number of amides is 1. The summed E-state index contributed by atoms with van der Waals surface area (Å²) < 4.78 is 6.78. The predicted octanol–water partition coefficient (Wildman–Crippen LogP) is -3.05. The van der Waals surface area contributed by atoms with E-state index in [1.54, 1.807) is 0 Å². The highest BCUT2D eigenvalue weighted by Crippen LogP contribution is 2.24. The van der Waals surface area contributed by atoms with Crippen LogP contribution in [-0.4, -0.2) is 66.8 Å². The summed E-state index contributed by atoms with van der Waals surface area (Å²) in [5.41, 5.74) is 10.1. The smallest absolute Gasteiger partial charge is 0.254 e. The summed E-state index contributed by atoms with van der Waals surface area (Å²) in [5, 5.41) is 29.0. The van der Waals surface area contributed by atoms with E-state index in [-0.39, 0.29) is 29.0 Å². The lowest BCUT2D eigenvalue weighted by molar-refractivity contribution is -0.0262. The van der Waals surface area contributed by atoms with Crippen LogP contribution in [0.1, 0.15) is 10.4 Å². The fourth-order valence-electron chi connectivity index (χ4n) is 2.87. The Morgan fingerprint density at radius 1 is 1.28 bits per heavy atom. The second-order valence-corrected chi connectivity index (χ2v) is 5.72. The first-order chi connectivity index (χ1) is 11.8. The number of nitrogens with zero attached hydrogens (tertiary/aromatic N) is 3. The van der Waals surface area contributed by atoms with Crippen molar-refractivity contribution in [2.45, 2.75) is 31.0 Å². The first-order valence-electron chi connectivity index (χ1n) is 7.41. The molecule has 1 aliphatic rings. The number of pyridine rings is 1. The molecule has 7 N–H and O–H groups in total. The van der Waals surface area contributed by atoms with Gasteiger partial charge in [-0.3, -0.25) is 9.59 Å². The molecule has 1 fully saturated rings. The molecular weight excluding hydrogens is 334 g/mol. The van der Waals surface area contributed by atoms with Crippen LogP contribution in [-0.2, 0) is 11.3 Å². The summed E-state index contributed by atoms with van der Waals surface area (Å²) in [7, 11) is 0. The summed E-state index contributed by atoms with van der Waals surface area (Å²) in [6.45, 7) is -0.538. The van der Waals surface area contributed by atoms with Crippen molar-refractivity contribution in [1.82, 2.24) is 14.5 Å². The number of hydrogen-bond donors (Lipinski definition) is 5. The Morgan fingerprint density at radius 3 is 2.56 bits per heavy atom. The second kappa shape index (κ2) is 6.37. The Bertz CT molecular complexity index is 884. The molecule has 11 heteroatoms. The van der Waals surface area contributed by atoms with Crippen LogP contribution in [0, 0.1) is 0 Å². The van der Waals surface area contributed by atoms with Crippen LogP contribution in [0.15, 0.2) is 17.3 Å². The Labute approximate surface area is 140 Å². The normalized spacial score (nSPS) is 26.2. The summed E-state index contributed by atoms with van der Waals surface area (Å²) in [6, 6.07) is 0. The number of carbonyl (C=O) groups is 1. The average molecular weight is 351 g/mol. The van der Waals surface area contributed by atoms with Crippen molar-refractivity contribution < 1.29 is 24.9 Å². The van der Waals surface area contributed by atoms with Gasteiger partial charge in [0.2, 0.25) is 5.43 Å². The van der Waals surface area contributed by atoms with Crippen molar-refractivity contribution in [3.63, 3.8) is 0 Å². The third kappa shape index (κ3) is 2.82. The molecule has 2 aromatic rings. The van der Waals surface area contributed by atoms with Gasteiger partial charge in [0.25, 0.3) is 5.91 Å². The number of primary amides is 1. The number of anilines is 1. The predicted molar refractivity (Wildman–Crippen MR) is 84.5 cm³/mol. The monoisotopic (exact) mass is 351 g/mol. The van der Waals surface area contributed by atoms with Crippen molar-refractivity contribution in [2.75, 3.05) is 12.3 Å². The molecule has 1 amide bonds. The minimum absolute atomic E-state index is 0.0672. The third-order valence-corrected chi connectivity index (χ3v) is 4.17. The molecule has 0 radical (unpaired) electrons. The molecule has 3 rings (SSSR count). The number of aliphatic hydroxyl groups is 3. The number of ether oxygens (including phenoxy) is 1. The van der Waals surface area contributed by atoms with Crippen molar-refractivity contribution in [1.29, 1.82) is 0 Å². The number of rotatable bonds is 4. The Hall–Kier alpha value is -2.60. The number of aromatic nitrogens is 3. The highest BCUT2D eigenvalue weighted by atomic mass is 16.6. The molecule has 1 unspecified atom stereocenters. The van der Waals surface area contributed by atoms with Crippen LogP contribution in [0.2, 0.25) is 0 Å². The minimum atomic E-state index is -1.28. The largest absolute Gasteiger partial charge is 0.394 e. The number of nitrogens with two attached hydrogens (primary N) is 2. The maximum atomic E-state index is 12.4. The Kier molecular flexibility index (Phi) is 4.39. The van der Waals surface area contributed by atoms with Gasteiger partial charge in [-0.25, -0.2) is 9.97 Å². The van der Waals surface area contributed by atoms with Gasteiger partial charge in [-0.15, -0.1) is 0 Å². The fraction of sp³-hybridized carbons (Fsp3) is 0.429. The van der Waals surface area contributed by atoms with Gasteiger partial charge in [0.1, 0.15) is 53.2 Å². The lowest BCUT2D eigenvalue weighted by Crippen LogP contribution is -2.35. The first kappa shape index (κ1) is 17.2. The zero-order valence-corrected chi connectivity index (χ0v) is 12.9. The standard InChI is InChI=1S/C14H17N5O6/c15-12-8-9(21)5(13(16)24)1-19(14(8)18-4-17-12)2-6-10(22)11(23)7(3-20)25-6/h1,4,6-7,10-11,20,22-23H,2-3H2,(H2,16,24)(H2,15,17,18)/t6?,7-,10+,11-/m1/s1. The van der Waals surface area contributed by atoms with E-state index in [4.69, 9.17) is 21.3 Å². The van der Waals surface area contributed by atoms with E-state index in [2.05, 4.69) is 9.97 Å². The summed E-state index contributed by atoms with van der Waals surface area (Å²) in [5.74, 6) is -1.07. The molecule has 3 heterocycles. The van der Waals surface area contributed by atoms with E-state index < -0.39 is 42.4 Å². The highest BCUT2D eigenvalue weighted by molar-refractivity contribution is 5.97. The molecule has 0 bridgehead atoms. The quantitative estimate of drug-likeness (QED) is 0.381. The number of hydrogen-bond acceptors (Lipinski definition) is 9. The van der Waals surface area contributed by atoms with Crippen LogP contribution in [0.25, 0.3) is 11.0 Å². The molecular formula is C14H17N5O6. The maximum Gasteiger partial charge on any atom is 0.254 e. The van der Waals surface area contributed by atoms with E-state index >= 15 is 0 Å². The fourth-order valence-corrected chi connectivity index (χ4v) is 2.87. The van der Waals surface area contributed by atoms with Crippen molar-refractivity contribution in [3.05, 3.63) is 28.3 Å². The Balaban J connectivity index is 2.10. The van der Waals surface area contributed by atoms with Gasteiger partial charge in [-0.1, -0.05) is 0 Å². The van der Waals surface area contributed by atoms with Gasteiger partial charge in [0.15, 0.2) is 0 Å². The average Bonchev–Trinajstić information content (AvgIpc) is 2.84. The molecule has 1 saturated heterocycles. The zero-order valence-electron chi connectivity index (χ0n) is 12.9. The third-order valence-electron chi connectivity index (χ3n) is 4.17. The molecule has 4 atom stereocenters. The van der Waals surface area contributed by atoms with E-state index in [1.165, 1.54) is 10.8 Å². The van der Waals surface area contributed by atoms with Crippen LogP contribution in [0.5, 0.6) is 0 Å². The molecule has 0 aliphatic carbocycles. The number of aliphatic hydroxyl groups excluding tert-OH is 3. The number of carbonyl (C=O) groups excluding carboxylic acids is 1. The maximum absolute atomic E-state index is 12.4. The highest BCUT2D eigenvalue weighted by Gasteiger charge is 2.42. The molecule has 0 saturated carbocycles. The van der Waals surface area contributed by atoms with E-state index in [0.29, 0.717) is 0 Å². The molecule has 134 valence electrons. The van der Waals surface area contributed by atoms with E-state index in [9.17, 15) is 19.8 Å². The van der Waals surface area contributed by atoms with E-state index in [0.717, 1.165) is 6.33 Å². The molecule has 0 spiro atoms. The van der Waals surface area contributed by atoms with Gasteiger partial charge in [-0.2, -0.15) is 0 Å². The summed E-state index contributed by atoms with van der Waals surface area (Å²) in [4.78, 5) is 31.7. The molecule has 2 aromatic heterocycles. The van der Waals surface area contributed by atoms with Crippen LogP contribution >= 0.6 is 0 Å². The first-order valence-corrected chi connectivity index (χ1v) is 7.41. The number of fused-ring (bicyclic) bond motifs is 1.